The highest BCUT2D eigenvalue weighted by molar-refractivity contribution is 6.10. The van der Waals surface area contributed by atoms with Crippen LogP contribution in [0.1, 0.15) is 38.3 Å². The van der Waals surface area contributed by atoms with E-state index >= 15 is 0 Å². The number of nitrogens with zero attached hydrogens (tertiary/aromatic N) is 2. The van der Waals surface area contributed by atoms with E-state index in [1.165, 1.54) is 0 Å². The van der Waals surface area contributed by atoms with Crippen LogP contribution in [-0.4, -0.2) is 41.6 Å². The zero-order valence-corrected chi connectivity index (χ0v) is 21.8. The van der Waals surface area contributed by atoms with Crippen LogP contribution in [-0.2, 0) is 11.3 Å². The Morgan fingerprint density at radius 1 is 0.821 bits per heavy atom. The van der Waals surface area contributed by atoms with Crippen LogP contribution in [0.25, 0.3) is 11.1 Å². The van der Waals surface area contributed by atoms with Gasteiger partial charge in [-0.25, -0.2) is 0 Å². The largest absolute Gasteiger partial charge is 0.322 e. The van der Waals surface area contributed by atoms with Crippen molar-refractivity contribution in [2.24, 2.45) is 0 Å². The second-order valence-corrected chi connectivity index (χ2v) is 10.3. The van der Waals surface area contributed by atoms with Gasteiger partial charge >= 0.3 is 0 Å². The predicted molar refractivity (Wildman–Crippen MR) is 153 cm³/mol. The van der Waals surface area contributed by atoms with Crippen molar-refractivity contribution < 1.29 is 14.4 Å². The van der Waals surface area contributed by atoms with E-state index in [2.05, 4.69) is 10.2 Å². The van der Waals surface area contributed by atoms with E-state index in [-0.39, 0.29) is 23.6 Å². The maximum atomic E-state index is 13.7. The van der Waals surface area contributed by atoms with Gasteiger partial charge in [0.15, 0.2) is 0 Å². The second-order valence-electron chi connectivity index (χ2n) is 10.3. The molecule has 1 atom stereocenters. The average molecular weight is 516 g/mol. The van der Waals surface area contributed by atoms with Crippen molar-refractivity contribution in [1.29, 1.82) is 0 Å². The van der Waals surface area contributed by atoms with Gasteiger partial charge in [-0.1, -0.05) is 66.2 Å². The molecule has 0 aromatic heterocycles. The molecule has 0 aliphatic carbocycles. The normalized spacial score (nSPS) is 16.8. The first-order chi connectivity index (χ1) is 19.0. The molecule has 1 fully saturated rings. The molecule has 2 heterocycles. The summed E-state index contributed by atoms with van der Waals surface area (Å²) in [7, 11) is 0. The van der Waals surface area contributed by atoms with Crippen molar-refractivity contribution in [2.45, 2.75) is 25.9 Å². The molecule has 6 heteroatoms. The Morgan fingerprint density at radius 2 is 1.54 bits per heavy atom. The molecule has 4 aromatic carbocycles. The van der Waals surface area contributed by atoms with Crippen molar-refractivity contribution in [2.75, 3.05) is 23.3 Å². The number of carbonyl (C=O) groups excluding carboxylic acids is 3. The Bertz CT molecular complexity index is 1560. The Balaban J connectivity index is 1.22. The lowest BCUT2D eigenvalue weighted by molar-refractivity contribution is -0.117. The van der Waals surface area contributed by atoms with Gasteiger partial charge < -0.3 is 10.2 Å². The lowest BCUT2D eigenvalue weighted by atomic mass is 9.98. The number of rotatable bonds is 4. The fraction of sp³-hybridized carbons (Fsp3) is 0.182. The summed E-state index contributed by atoms with van der Waals surface area (Å²) in [6, 6.07) is 30.6. The maximum absolute atomic E-state index is 13.7. The molecule has 2 aliphatic heterocycles. The fourth-order valence-corrected chi connectivity index (χ4v) is 5.52. The minimum Gasteiger partial charge on any atom is -0.322 e. The molecule has 194 valence electrons. The van der Waals surface area contributed by atoms with Gasteiger partial charge in [-0.05, 0) is 60.0 Å². The van der Waals surface area contributed by atoms with Crippen molar-refractivity contribution in [3.05, 3.63) is 119 Å². The van der Waals surface area contributed by atoms with Gasteiger partial charge in [-0.15, -0.1) is 0 Å². The first kappa shape index (κ1) is 24.8. The third-order valence-corrected chi connectivity index (χ3v) is 7.58. The number of Topliss-reactive ketones (excluding diaryl/α,β-unsaturated/α-hetero) is 1. The number of hydrogen-bond donors (Lipinski definition) is 1. The maximum Gasteiger partial charge on any atom is 0.258 e. The molecule has 1 N–H and O–H groups in total. The quantitative estimate of drug-likeness (QED) is 0.378. The number of fused-ring (bicyclic) bond motifs is 2. The molecule has 0 saturated carbocycles. The molecule has 2 amide bonds. The van der Waals surface area contributed by atoms with E-state index in [4.69, 9.17) is 0 Å². The minimum atomic E-state index is -0.210. The highest BCUT2D eigenvalue weighted by atomic mass is 16.2. The Morgan fingerprint density at radius 3 is 2.33 bits per heavy atom. The molecular weight excluding hydrogens is 486 g/mol. The summed E-state index contributed by atoms with van der Waals surface area (Å²) in [5, 5.41) is 2.98. The van der Waals surface area contributed by atoms with Crippen molar-refractivity contribution >= 4 is 29.0 Å². The molecule has 1 saturated heterocycles. The summed E-state index contributed by atoms with van der Waals surface area (Å²) >= 11 is 0. The summed E-state index contributed by atoms with van der Waals surface area (Å²) in [5.41, 5.74) is 6.65. The van der Waals surface area contributed by atoms with E-state index in [1.807, 2.05) is 79.7 Å². The van der Waals surface area contributed by atoms with Gasteiger partial charge in [0, 0.05) is 48.1 Å². The van der Waals surface area contributed by atoms with E-state index in [9.17, 15) is 14.4 Å². The molecule has 4 aromatic rings. The van der Waals surface area contributed by atoms with Gasteiger partial charge in [-0.3, -0.25) is 19.3 Å². The smallest absolute Gasteiger partial charge is 0.258 e. The van der Waals surface area contributed by atoms with Crippen LogP contribution >= 0.6 is 0 Å². The van der Waals surface area contributed by atoms with Crippen LogP contribution in [0.3, 0.4) is 0 Å². The van der Waals surface area contributed by atoms with Crippen LogP contribution in [0.4, 0.5) is 11.4 Å². The van der Waals surface area contributed by atoms with Crippen LogP contribution < -0.4 is 10.2 Å². The number of nitrogens with one attached hydrogen (secondary N) is 1. The number of anilines is 2. The summed E-state index contributed by atoms with van der Waals surface area (Å²) in [5.74, 6) is -0.111. The van der Waals surface area contributed by atoms with Crippen LogP contribution in [0.15, 0.2) is 97.1 Å². The number of hydrogen-bond acceptors (Lipinski definition) is 4. The van der Waals surface area contributed by atoms with E-state index in [0.29, 0.717) is 42.9 Å². The van der Waals surface area contributed by atoms with Crippen molar-refractivity contribution in [1.82, 2.24) is 4.90 Å². The highest BCUT2D eigenvalue weighted by Gasteiger charge is 2.37. The topological polar surface area (TPSA) is 69.7 Å². The number of aryl methyl sites for hydroxylation is 1. The molecule has 0 unspecified atom stereocenters. The molecular formula is C33H29N3O3. The van der Waals surface area contributed by atoms with E-state index in [0.717, 1.165) is 27.9 Å². The van der Waals surface area contributed by atoms with E-state index < -0.39 is 0 Å². The highest BCUT2D eigenvalue weighted by Crippen LogP contribution is 2.32. The number of amides is 2. The Kier molecular flexibility index (Phi) is 6.55. The average Bonchev–Trinajstić information content (AvgIpc) is 3.23. The number of benzene rings is 4. The summed E-state index contributed by atoms with van der Waals surface area (Å²) in [6.07, 6.45) is 0.465. The third-order valence-electron chi connectivity index (χ3n) is 7.58. The van der Waals surface area contributed by atoms with Crippen LogP contribution in [0.5, 0.6) is 0 Å². The molecule has 39 heavy (non-hydrogen) atoms. The molecule has 2 aliphatic rings. The first-order valence-corrected chi connectivity index (χ1v) is 13.2. The summed E-state index contributed by atoms with van der Waals surface area (Å²) < 4.78 is 0. The molecule has 0 bridgehead atoms. The predicted octanol–water partition coefficient (Wildman–Crippen LogP) is 5.72. The zero-order chi connectivity index (χ0) is 26.9. The fourth-order valence-electron chi connectivity index (χ4n) is 5.52. The lowest BCUT2D eigenvalue weighted by Crippen LogP contribution is -2.40. The van der Waals surface area contributed by atoms with Crippen LogP contribution in [0, 0.1) is 6.92 Å². The van der Waals surface area contributed by atoms with E-state index in [1.54, 1.807) is 29.2 Å². The van der Waals surface area contributed by atoms with Gasteiger partial charge in [0.2, 0.25) is 0 Å². The Hall–Kier alpha value is -4.55. The number of para-hydroxylation sites is 1. The number of ketones is 1. The SMILES string of the molecule is Cc1ccc(-c2ccccc2C(=O)Nc2ccc(C(=O)N3C[C@@H]4CC(=O)CN4Cc4ccccc43)cc2)cc1. The number of carbonyl (C=O) groups is 3. The van der Waals surface area contributed by atoms with Crippen LogP contribution in [0.2, 0.25) is 0 Å². The van der Waals surface area contributed by atoms with Gasteiger partial charge in [0.1, 0.15) is 5.78 Å². The molecule has 6 nitrogen and oxygen atoms in total. The standard InChI is InChI=1S/C33H29N3O3/c1-22-10-12-23(13-11-22)29-7-3-4-8-30(29)32(38)34-26-16-14-24(15-17-26)33(39)36-20-27-18-28(37)21-35(27)19-25-6-2-5-9-31(25)36/h2-17,27H,18-21H2,1H3,(H,34,38)/t27-/m0/s1. The van der Waals surface area contributed by atoms with Gasteiger partial charge in [0.05, 0.1) is 6.54 Å². The third kappa shape index (κ3) is 4.99. The van der Waals surface area contributed by atoms with Gasteiger partial charge in [-0.2, -0.15) is 0 Å². The first-order valence-electron chi connectivity index (χ1n) is 13.2. The minimum absolute atomic E-state index is 0.0148. The summed E-state index contributed by atoms with van der Waals surface area (Å²) in [4.78, 5) is 43.0. The molecule has 0 radical (unpaired) electrons. The molecule has 0 spiro atoms. The lowest BCUT2D eigenvalue weighted by Gasteiger charge is -2.26. The Labute approximate surface area is 227 Å². The second kappa shape index (κ2) is 10.3. The van der Waals surface area contributed by atoms with Gasteiger partial charge in [0.25, 0.3) is 11.8 Å². The summed E-state index contributed by atoms with van der Waals surface area (Å²) in [6.45, 7) is 3.59. The van der Waals surface area contributed by atoms with Crippen molar-refractivity contribution in [3.8, 4) is 11.1 Å². The van der Waals surface area contributed by atoms with Crippen molar-refractivity contribution in [3.63, 3.8) is 0 Å². The molecule has 6 rings (SSSR count). The zero-order valence-electron chi connectivity index (χ0n) is 21.8. The monoisotopic (exact) mass is 515 g/mol.